The van der Waals surface area contributed by atoms with Gasteiger partial charge < -0.3 is 5.32 Å². The predicted octanol–water partition coefficient (Wildman–Crippen LogP) is 4.75. The highest BCUT2D eigenvalue weighted by atomic mass is 32.2. The summed E-state index contributed by atoms with van der Waals surface area (Å²) in [5.41, 5.74) is 3.08. The number of aryl methyl sites for hydroxylation is 1. The van der Waals surface area contributed by atoms with Crippen molar-refractivity contribution in [3.05, 3.63) is 54.4 Å². The zero-order chi connectivity index (χ0) is 20.1. The van der Waals surface area contributed by atoms with E-state index in [9.17, 15) is 4.79 Å². The molecule has 3 aromatic rings. The fraction of sp³-hybridized carbons (Fsp3) is 0.364. The van der Waals surface area contributed by atoms with Crippen molar-refractivity contribution in [2.75, 3.05) is 11.1 Å². The van der Waals surface area contributed by atoms with E-state index in [1.807, 2.05) is 24.3 Å². The number of carbonyl (C=O) groups is 1. The SMILES string of the molecule is CCCCc1ccc(NC(=O)CSc2nnc(-c3cccnc3)n2C2CC2)cc1. The van der Waals surface area contributed by atoms with Crippen LogP contribution in [-0.4, -0.2) is 31.4 Å². The van der Waals surface area contributed by atoms with Crippen LogP contribution in [0.5, 0.6) is 0 Å². The van der Waals surface area contributed by atoms with Crippen molar-refractivity contribution in [2.45, 2.75) is 50.2 Å². The first kappa shape index (κ1) is 19.6. The molecule has 1 aliphatic rings. The van der Waals surface area contributed by atoms with E-state index >= 15 is 0 Å². The lowest BCUT2D eigenvalue weighted by molar-refractivity contribution is -0.113. The van der Waals surface area contributed by atoms with Crippen LogP contribution in [0, 0.1) is 0 Å². The number of pyridine rings is 1. The first-order valence-electron chi connectivity index (χ1n) is 10.1. The molecule has 2 heterocycles. The van der Waals surface area contributed by atoms with Gasteiger partial charge in [-0.05, 0) is 55.5 Å². The normalized spacial score (nSPS) is 13.4. The number of unbranched alkanes of at least 4 members (excludes halogenated alkanes) is 1. The Morgan fingerprint density at radius 1 is 1.21 bits per heavy atom. The molecule has 1 aromatic carbocycles. The second-order valence-electron chi connectivity index (χ2n) is 7.29. The van der Waals surface area contributed by atoms with Crippen LogP contribution in [0.4, 0.5) is 5.69 Å². The molecule has 0 spiro atoms. The van der Waals surface area contributed by atoms with Crippen LogP contribution < -0.4 is 5.32 Å². The Labute approximate surface area is 175 Å². The summed E-state index contributed by atoms with van der Waals surface area (Å²) in [6, 6.07) is 12.4. The minimum Gasteiger partial charge on any atom is -0.325 e. The molecule has 1 saturated carbocycles. The minimum atomic E-state index is -0.0374. The van der Waals surface area contributed by atoms with Crippen LogP contribution >= 0.6 is 11.8 Å². The Morgan fingerprint density at radius 2 is 2.03 bits per heavy atom. The van der Waals surface area contributed by atoms with E-state index in [0.717, 1.165) is 41.5 Å². The van der Waals surface area contributed by atoms with Crippen molar-refractivity contribution in [3.8, 4) is 11.4 Å². The third-order valence-corrected chi connectivity index (χ3v) is 5.83. The van der Waals surface area contributed by atoms with Gasteiger partial charge in [0, 0.05) is 29.7 Å². The first-order valence-corrected chi connectivity index (χ1v) is 11.1. The van der Waals surface area contributed by atoms with Crippen molar-refractivity contribution in [1.82, 2.24) is 19.7 Å². The smallest absolute Gasteiger partial charge is 0.234 e. The fourth-order valence-corrected chi connectivity index (χ4v) is 4.00. The minimum absolute atomic E-state index is 0.0374. The molecule has 0 aliphatic heterocycles. The average molecular weight is 408 g/mol. The summed E-state index contributed by atoms with van der Waals surface area (Å²) in [6.45, 7) is 2.19. The summed E-state index contributed by atoms with van der Waals surface area (Å²) in [4.78, 5) is 16.6. The van der Waals surface area contributed by atoms with Gasteiger partial charge in [0.05, 0.1) is 5.75 Å². The number of benzene rings is 1. The van der Waals surface area contributed by atoms with E-state index in [1.165, 1.54) is 30.2 Å². The molecule has 0 bridgehead atoms. The lowest BCUT2D eigenvalue weighted by Crippen LogP contribution is -2.14. The van der Waals surface area contributed by atoms with Crippen LogP contribution in [0.15, 0.2) is 53.9 Å². The number of thioether (sulfide) groups is 1. The number of hydrogen-bond donors (Lipinski definition) is 1. The van der Waals surface area contributed by atoms with Crippen molar-refractivity contribution < 1.29 is 4.79 Å². The monoisotopic (exact) mass is 407 g/mol. The van der Waals surface area contributed by atoms with Gasteiger partial charge in [-0.1, -0.05) is 37.2 Å². The molecule has 0 unspecified atom stereocenters. The maximum absolute atomic E-state index is 12.4. The van der Waals surface area contributed by atoms with Crippen molar-refractivity contribution >= 4 is 23.4 Å². The zero-order valence-electron chi connectivity index (χ0n) is 16.5. The number of hydrogen-bond acceptors (Lipinski definition) is 5. The molecular formula is C22H25N5OS. The fourth-order valence-electron chi connectivity index (χ4n) is 3.19. The number of aromatic nitrogens is 4. The van der Waals surface area contributed by atoms with E-state index < -0.39 is 0 Å². The molecule has 7 heteroatoms. The molecule has 6 nitrogen and oxygen atoms in total. The quantitative estimate of drug-likeness (QED) is 0.518. The van der Waals surface area contributed by atoms with Gasteiger partial charge in [-0.2, -0.15) is 0 Å². The topological polar surface area (TPSA) is 72.7 Å². The van der Waals surface area contributed by atoms with Gasteiger partial charge in [-0.3, -0.25) is 14.3 Å². The van der Waals surface area contributed by atoms with Gasteiger partial charge in [0.2, 0.25) is 5.91 Å². The lowest BCUT2D eigenvalue weighted by atomic mass is 10.1. The molecule has 0 radical (unpaired) electrons. The Hall–Kier alpha value is -2.67. The van der Waals surface area contributed by atoms with Crippen LogP contribution in [-0.2, 0) is 11.2 Å². The number of nitrogens with zero attached hydrogens (tertiary/aromatic N) is 4. The molecule has 29 heavy (non-hydrogen) atoms. The Bertz CT molecular complexity index is 951. The Kier molecular flexibility index (Phi) is 6.24. The molecule has 1 N–H and O–H groups in total. The summed E-state index contributed by atoms with van der Waals surface area (Å²) in [5.74, 6) is 1.09. The van der Waals surface area contributed by atoms with Gasteiger partial charge in [0.15, 0.2) is 11.0 Å². The van der Waals surface area contributed by atoms with Crippen LogP contribution in [0.2, 0.25) is 0 Å². The molecule has 150 valence electrons. The van der Waals surface area contributed by atoms with Crippen LogP contribution in [0.25, 0.3) is 11.4 Å². The van der Waals surface area contributed by atoms with Crippen molar-refractivity contribution in [3.63, 3.8) is 0 Å². The Balaban J connectivity index is 1.38. The van der Waals surface area contributed by atoms with Crippen molar-refractivity contribution in [2.24, 2.45) is 0 Å². The number of nitrogens with one attached hydrogen (secondary N) is 1. The van der Waals surface area contributed by atoms with E-state index in [2.05, 4.69) is 44.1 Å². The lowest BCUT2D eigenvalue weighted by Gasteiger charge is -2.09. The Morgan fingerprint density at radius 3 is 2.72 bits per heavy atom. The number of amides is 1. The molecule has 1 aliphatic carbocycles. The van der Waals surface area contributed by atoms with Gasteiger partial charge in [-0.25, -0.2) is 0 Å². The second-order valence-corrected chi connectivity index (χ2v) is 8.23. The van der Waals surface area contributed by atoms with Gasteiger partial charge in [0.25, 0.3) is 0 Å². The highest BCUT2D eigenvalue weighted by Crippen LogP contribution is 2.40. The molecule has 2 aromatic heterocycles. The predicted molar refractivity (Wildman–Crippen MR) is 116 cm³/mol. The van der Waals surface area contributed by atoms with E-state index in [0.29, 0.717) is 11.8 Å². The average Bonchev–Trinajstić information content (AvgIpc) is 3.51. The summed E-state index contributed by atoms with van der Waals surface area (Å²) < 4.78 is 2.15. The first-order chi connectivity index (χ1) is 14.2. The largest absolute Gasteiger partial charge is 0.325 e. The maximum Gasteiger partial charge on any atom is 0.234 e. The number of carbonyl (C=O) groups excluding carboxylic acids is 1. The second kappa shape index (κ2) is 9.22. The highest BCUT2D eigenvalue weighted by Gasteiger charge is 2.30. The molecule has 1 fully saturated rings. The third-order valence-electron chi connectivity index (χ3n) is 4.89. The van der Waals surface area contributed by atoms with Crippen molar-refractivity contribution in [1.29, 1.82) is 0 Å². The molecule has 0 atom stereocenters. The van der Waals surface area contributed by atoms with E-state index in [-0.39, 0.29) is 5.91 Å². The van der Waals surface area contributed by atoms with Crippen LogP contribution in [0.3, 0.4) is 0 Å². The maximum atomic E-state index is 12.4. The van der Waals surface area contributed by atoms with Crippen LogP contribution in [0.1, 0.15) is 44.2 Å². The van der Waals surface area contributed by atoms with Gasteiger partial charge in [-0.15, -0.1) is 10.2 Å². The molecule has 1 amide bonds. The van der Waals surface area contributed by atoms with E-state index in [4.69, 9.17) is 0 Å². The third kappa shape index (κ3) is 5.03. The highest BCUT2D eigenvalue weighted by molar-refractivity contribution is 7.99. The summed E-state index contributed by atoms with van der Waals surface area (Å²) >= 11 is 1.43. The van der Waals surface area contributed by atoms with Gasteiger partial charge >= 0.3 is 0 Å². The summed E-state index contributed by atoms with van der Waals surface area (Å²) in [5, 5.41) is 12.5. The zero-order valence-corrected chi connectivity index (χ0v) is 17.4. The molecule has 0 saturated heterocycles. The summed E-state index contributed by atoms with van der Waals surface area (Å²) in [7, 11) is 0. The number of rotatable bonds is 9. The number of anilines is 1. The van der Waals surface area contributed by atoms with Gasteiger partial charge in [0.1, 0.15) is 0 Å². The molecular weight excluding hydrogens is 382 g/mol. The molecule has 4 rings (SSSR count). The summed E-state index contributed by atoms with van der Waals surface area (Å²) in [6.07, 6.45) is 9.24. The standard InChI is InChI=1S/C22H25N5OS/c1-2-3-5-16-7-9-18(10-8-16)24-20(28)15-29-22-26-25-21(27(22)19-11-12-19)17-6-4-13-23-14-17/h4,6-10,13-14,19H,2-3,5,11-12,15H2,1H3,(H,24,28). The van der Waals surface area contributed by atoms with E-state index in [1.54, 1.807) is 12.4 Å².